The second-order valence-electron chi connectivity index (χ2n) is 4.98. The van der Waals surface area contributed by atoms with Gasteiger partial charge < -0.3 is 9.84 Å². The molecule has 0 saturated heterocycles. The zero-order valence-electron chi connectivity index (χ0n) is 11.5. The van der Waals surface area contributed by atoms with E-state index in [1.165, 1.54) is 12.8 Å². The summed E-state index contributed by atoms with van der Waals surface area (Å²) in [6.45, 7) is 2.08. The fourth-order valence-electron chi connectivity index (χ4n) is 1.85. The molecule has 0 bridgehead atoms. The lowest BCUT2D eigenvalue weighted by Crippen LogP contribution is -2.24. The van der Waals surface area contributed by atoms with Gasteiger partial charge in [0.1, 0.15) is 11.5 Å². The van der Waals surface area contributed by atoms with Gasteiger partial charge in [0, 0.05) is 24.6 Å². The minimum atomic E-state index is 0. The molecule has 1 saturated carbocycles. The zero-order chi connectivity index (χ0) is 13.2. The number of likely N-dealkylation sites (N-methyl/N-ethyl adjacent to an activating group) is 1. The lowest BCUT2D eigenvalue weighted by molar-refractivity contribution is 0.417. The quantitative estimate of drug-likeness (QED) is 0.909. The maximum absolute atomic E-state index is 5.27. The fraction of sp³-hybridized carbons (Fsp3) is 0.538. The average Bonchev–Trinajstić information content (AvgIpc) is 3.19. The van der Waals surface area contributed by atoms with Crippen LogP contribution in [-0.2, 0) is 6.42 Å². The molecule has 20 heavy (non-hydrogen) atoms. The number of rotatable bonds is 5. The molecule has 7 heteroatoms. The van der Waals surface area contributed by atoms with E-state index < -0.39 is 0 Å². The topological polar surface area (TPSA) is 76.7 Å². The van der Waals surface area contributed by atoms with E-state index in [2.05, 4.69) is 32.3 Å². The Morgan fingerprint density at radius 3 is 2.90 bits per heavy atom. The third kappa shape index (κ3) is 3.32. The molecule has 0 spiro atoms. The molecule has 1 N–H and O–H groups in total. The molecule has 108 valence electrons. The van der Waals surface area contributed by atoms with Crippen molar-refractivity contribution in [1.29, 1.82) is 0 Å². The van der Waals surface area contributed by atoms with Gasteiger partial charge in [-0.15, -0.1) is 12.4 Å². The minimum Gasteiger partial charge on any atom is -0.332 e. The van der Waals surface area contributed by atoms with Gasteiger partial charge in [0.25, 0.3) is 5.89 Å². The van der Waals surface area contributed by atoms with Crippen LogP contribution >= 0.6 is 12.4 Å². The largest absolute Gasteiger partial charge is 0.332 e. The lowest BCUT2D eigenvalue weighted by atomic mass is 10.2. The Labute approximate surface area is 123 Å². The van der Waals surface area contributed by atoms with Gasteiger partial charge in [-0.2, -0.15) is 4.98 Å². The first-order valence-corrected chi connectivity index (χ1v) is 6.59. The summed E-state index contributed by atoms with van der Waals surface area (Å²) in [5.74, 6) is 2.58. The molecule has 0 aromatic carbocycles. The highest BCUT2D eigenvalue weighted by atomic mass is 35.5. The summed E-state index contributed by atoms with van der Waals surface area (Å²) >= 11 is 0. The van der Waals surface area contributed by atoms with Crippen LogP contribution in [-0.4, -0.2) is 33.2 Å². The smallest absolute Gasteiger partial charge is 0.276 e. The molecular formula is C13H18ClN5O. The Morgan fingerprint density at radius 1 is 1.40 bits per heavy atom. The summed E-state index contributed by atoms with van der Waals surface area (Å²) in [5.41, 5.74) is 0.716. The number of nitrogens with zero attached hydrogens (tertiary/aromatic N) is 4. The molecule has 3 rings (SSSR count). The SMILES string of the molecule is CNC(C)Cc1noc(-c2ccnc(C3CC3)n2)n1.Cl. The molecular weight excluding hydrogens is 278 g/mol. The Balaban J connectivity index is 0.00000147. The first-order chi connectivity index (χ1) is 9.26. The van der Waals surface area contributed by atoms with Crippen molar-refractivity contribution in [2.24, 2.45) is 0 Å². The van der Waals surface area contributed by atoms with E-state index in [9.17, 15) is 0 Å². The predicted octanol–water partition coefficient (Wildman–Crippen LogP) is 1.98. The summed E-state index contributed by atoms with van der Waals surface area (Å²) in [6, 6.07) is 2.13. The second kappa shape index (κ2) is 6.28. The van der Waals surface area contributed by atoms with Crippen molar-refractivity contribution in [3.05, 3.63) is 23.9 Å². The number of nitrogens with one attached hydrogen (secondary N) is 1. The number of hydrogen-bond acceptors (Lipinski definition) is 6. The Hall–Kier alpha value is -1.53. The highest BCUT2D eigenvalue weighted by Crippen LogP contribution is 2.38. The summed E-state index contributed by atoms with van der Waals surface area (Å²) in [4.78, 5) is 13.2. The van der Waals surface area contributed by atoms with Crippen LogP contribution in [0.2, 0.25) is 0 Å². The molecule has 1 unspecified atom stereocenters. The highest BCUT2D eigenvalue weighted by molar-refractivity contribution is 5.85. The molecule has 0 radical (unpaired) electrons. The van der Waals surface area contributed by atoms with Crippen LogP contribution in [0.25, 0.3) is 11.6 Å². The van der Waals surface area contributed by atoms with Crippen LogP contribution in [0, 0.1) is 0 Å². The number of hydrogen-bond donors (Lipinski definition) is 1. The van der Waals surface area contributed by atoms with Crippen molar-refractivity contribution in [3.63, 3.8) is 0 Å². The molecule has 2 aromatic heterocycles. The van der Waals surface area contributed by atoms with Crippen LogP contribution < -0.4 is 5.32 Å². The average molecular weight is 296 g/mol. The van der Waals surface area contributed by atoms with Gasteiger partial charge in [0.2, 0.25) is 0 Å². The molecule has 0 aliphatic heterocycles. The van der Waals surface area contributed by atoms with Crippen molar-refractivity contribution in [2.75, 3.05) is 7.05 Å². The monoisotopic (exact) mass is 295 g/mol. The molecule has 6 nitrogen and oxygen atoms in total. The summed E-state index contributed by atoms with van der Waals surface area (Å²) < 4.78 is 5.27. The maximum Gasteiger partial charge on any atom is 0.276 e. The van der Waals surface area contributed by atoms with Crippen molar-refractivity contribution < 1.29 is 4.52 Å². The van der Waals surface area contributed by atoms with Crippen molar-refractivity contribution in [2.45, 2.75) is 38.1 Å². The fourth-order valence-corrected chi connectivity index (χ4v) is 1.85. The van der Waals surface area contributed by atoms with E-state index in [0.29, 0.717) is 29.4 Å². The van der Waals surface area contributed by atoms with Crippen LogP contribution in [0.4, 0.5) is 0 Å². The number of halogens is 1. The van der Waals surface area contributed by atoms with E-state index in [1.54, 1.807) is 6.20 Å². The van der Waals surface area contributed by atoms with Gasteiger partial charge in [-0.1, -0.05) is 5.16 Å². The van der Waals surface area contributed by atoms with Crippen molar-refractivity contribution in [3.8, 4) is 11.6 Å². The van der Waals surface area contributed by atoms with Crippen LogP contribution in [0.1, 0.15) is 37.3 Å². The van der Waals surface area contributed by atoms with Gasteiger partial charge in [-0.25, -0.2) is 9.97 Å². The van der Waals surface area contributed by atoms with Crippen LogP contribution in [0.15, 0.2) is 16.8 Å². The Morgan fingerprint density at radius 2 is 2.20 bits per heavy atom. The summed E-state index contributed by atoms with van der Waals surface area (Å²) in [6.07, 6.45) is 4.85. The third-order valence-corrected chi connectivity index (χ3v) is 3.29. The van der Waals surface area contributed by atoms with E-state index >= 15 is 0 Å². The van der Waals surface area contributed by atoms with Gasteiger partial charge in [0.15, 0.2) is 5.82 Å². The van der Waals surface area contributed by atoms with Gasteiger partial charge in [-0.05, 0) is 32.9 Å². The molecule has 1 atom stereocenters. The first kappa shape index (κ1) is 14.9. The Bertz CT molecular complexity index is 569. The van der Waals surface area contributed by atoms with Gasteiger partial charge in [0.05, 0.1) is 0 Å². The van der Waals surface area contributed by atoms with Crippen molar-refractivity contribution in [1.82, 2.24) is 25.4 Å². The minimum absolute atomic E-state index is 0. The van der Waals surface area contributed by atoms with E-state index in [0.717, 1.165) is 12.2 Å². The van der Waals surface area contributed by atoms with E-state index in [-0.39, 0.29) is 12.4 Å². The van der Waals surface area contributed by atoms with E-state index in [4.69, 9.17) is 4.52 Å². The highest BCUT2D eigenvalue weighted by Gasteiger charge is 2.27. The summed E-state index contributed by atoms with van der Waals surface area (Å²) in [5, 5.41) is 7.13. The molecule has 2 aromatic rings. The van der Waals surface area contributed by atoms with Gasteiger partial charge >= 0.3 is 0 Å². The first-order valence-electron chi connectivity index (χ1n) is 6.59. The van der Waals surface area contributed by atoms with Crippen LogP contribution in [0.5, 0.6) is 0 Å². The molecule has 1 aliphatic rings. The molecule has 0 amide bonds. The third-order valence-electron chi connectivity index (χ3n) is 3.29. The van der Waals surface area contributed by atoms with Crippen LogP contribution in [0.3, 0.4) is 0 Å². The van der Waals surface area contributed by atoms with E-state index in [1.807, 2.05) is 13.1 Å². The maximum atomic E-state index is 5.27. The van der Waals surface area contributed by atoms with Crippen molar-refractivity contribution >= 4 is 12.4 Å². The normalized spacial score (nSPS) is 15.7. The Kier molecular flexibility index (Phi) is 4.67. The standard InChI is InChI=1S/C13H17N5O.ClH/c1-8(14-2)7-11-17-13(19-18-11)10-5-6-15-12(16-10)9-3-4-9;/h5-6,8-9,14H,3-4,7H2,1-2H3;1H. The second-order valence-corrected chi connectivity index (χ2v) is 4.98. The van der Waals surface area contributed by atoms with Gasteiger partial charge in [-0.3, -0.25) is 0 Å². The molecule has 1 fully saturated rings. The summed E-state index contributed by atoms with van der Waals surface area (Å²) in [7, 11) is 1.91. The predicted molar refractivity (Wildman–Crippen MR) is 76.8 cm³/mol. The number of aromatic nitrogens is 4. The zero-order valence-corrected chi connectivity index (χ0v) is 12.4. The molecule has 1 aliphatic carbocycles. The lowest BCUT2D eigenvalue weighted by Gasteiger charge is -2.04. The molecule has 2 heterocycles.